The van der Waals surface area contributed by atoms with E-state index in [4.69, 9.17) is 39.6 Å². The third-order valence-electron chi connectivity index (χ3n) is 1.53. The fourth-order valence-electron chi connectivity index (χ4n) is 0.916. The van der Waals surface area contributed by atoms with Gasteiger partial charge in [-0.25, -0.2) is 0 Å². The average molecular weight is 387 g/mol. The molecule has 0 unspecified atom stereocenters. The minimum absolute atomic E-state index is 0.504. The van der Waals surface area contributed by atoms with Crippen LogP contribution < -0.4 is 0 Å². The second-order valence-corrected chi connectivity index (χ2v) is 3.61. The number of ether oxygens (including phenoxy) is 1. The van der Waals surface area contributed by atoms with E-state index < -0.39 is 0 Å². The summed E-state index contributed by atoms with van der Waals surface area (Å²) in [7, 11) is 0. The van der Waals surface area contributed by atoms with Gasteiger partial charge in [0.1, 0.15) is 0 Å². The molecule has 0 spiro atoms. The van der Waals surface area contributed by atoms with Gasteiger partial charge in [-0.3, -0.25) is 0 Å². The van der Waals surface area contributed by atoms with Crippen molar-refractivity contribution in [1.82, 2.24) is 0 Å². The Morgan fingerprint density at radius 3 is 1.71 bits per heavy atom. The third kappa shape index (κ3) is 32.3. The molecule has 0 saturated carbocycles. The maximum absolute atomic E-state index is 7.50. The van der Waals surface area contributed by atoms with Gasteiger partial charge in [0.25, 0.3) is 0 Å². The molecule has 0 aliphatic rings. The summed E-state index contributed by atoms with van der Waals surface area (Å²) >= 11 is 8.32. The van der Waals surface area contributed by atoms with Crippen molar-refractivity contribution in [2.24, 2.45) is 0 Å². The number of halogens is 1. The zero-order valence-corrected chi connectivity index (χ0v) is 14.2. The van der Waals surface area contributed by atoms with Crippen molar-refractivity contribution in [2.45, 2.75) is 0 Å². The molecule has 0 radical (unpaired) electrons. The van der Waals surface area contributed by atoms with Crippen molar-refractivity contribution < 1.29 is 43.8 Å². The van der Waals surface area contributed by atoms with E-state index in [9.17, 15) is 0 Å². The Labute approximate surface area is 154 Å². The van der Waals surface area contributed by atoms with Gasteiger partial charge in [0.15, 0.2) is 0 Å². The first-order chi connectivity index (χ1) is 11.8. The molecule has 24 heavy (non-hydrogen) atoms. The summed E-state index contributed by atoms with van der Waals surface area (Å²) in [6.07, 6.45) is 3.88. The van der Waals surface area contributed by atoms with Gasteiger partial charge in [-0.2, -0.15) is 0 Å². The summed E-state index contributed by atoms with van der Waals surface area (Å²) in [5.41, 5.74) is 1.15. The predicted octanol–water partition coefficient (Wildman–Crippen LogP) is 2.44. The molecule has 0 amide bonds. The molecule has 0 fully saturated rings. The molecule has 0 heterocycles. The van der Waals surface area contributed by atoms with Gasteiger partial charge in [-0.1, -0.05) is 0 Å². The van der Waals surface area contributed by atoms with E-state index in [1.165, 1.54) is 0 Å². The van der Waals surface area contributed by atoms with Crippen LogP contribution in [0.1, 0.15) is 5.56 Å². The van der Waals surface area contributed by atoms with Crippen LogP contribution in [0.5, 0.6) is 0 Å². The molecular weight excluding hydrogens is 376 g/mol. The predicted molar refractivity (Wildman–Crippen MR) is 76.8 cm³/mol. The molecule has 0 aliphatic carbocycles. The van der Waals surface area contributed by atoms with E-state index in [1.807, 2.05) is 42.5 Å². The molecule has 6 nitrogen and oxygen atoms in total. The molecule has 0 N–H and O–H groups in total. The molecule has 1 aromatic carbocycles. The van der Waals surface area contributed by atoms with E-state index >= 15 is 0 Å². The first kappa shape index (κ1) is 33.8. The molecule has 0 saturated heterocycles. The molecule has 0 atom stereocenters. The molecule has 0 aromatic heterocycles. The van der Waals surface area contributed by atoms with Gasteiger partial charge in [0, 0.05) is 0 Å². The molecular formula is C16H11ClCrO6. The molecule has 124 valence electrons. The fraction of sp³-hybridized carbons (Fsp3) is 0.125. The number of benzene rings is 1. The van der Waals surface area contributed by atoms with Crippen LogP contribution in [0.15, 0.2) is 36.4 Å². The molecule has 1 rings (SSSR count). The average Bonchev–Trinajstić information content (AvgIpc) is 2.73. The second kappa shape index (κ2) is 42.9. The van der Waals surface area contributed by atoms with Crippen molar-refractivity contribution in [3.05, 3.63) is 75.2 Å². The summed E-state index contributed by atoms with van der Waals surface area (Å²) < 4.78 is 43.5. The Balaban J connectivity index is -0.000000103. The summed E-state index contributed by atoms with van der Waals surface area (Å²) in [6, 6.07) is 10.1. The van der Waals surface area contributed by atoms with Gasteiger partial charge in [-0.05, 0) is 0 Å². The molecule has 8 heteroatoms. The van der Waals surface area contributed by atoms with Crippen molar-refractivity contribution in [2.75, 3.05) is 12.5 Å². The van der Waals surface area contributed by atoms with E-state index in [0.29, 0.717) is 12.5 Å². The van der Waals surface area contributed by atoms with E-state index in [0.717, 1.165) is 10.1 Å². The Hall–Kier alpha value is -1.69. The van der Waals surface area contributed by atoms with E-state index in [2.05, 4.69) is 49.1 Å². The number of hydrogen-bond donors (Lipinski definition) is 0. The number of hydrogen-bond acceptors (Lipinski definition) is 1. The maximum atomic E-state index is 7.50. The van der Waals surface area contributed by atoms with E-state index in [-0.39, 0.29) is 0 Å². The quantitative estimate of drug-likeness (QED) is 0.432. The van der Waals surface area contributed by atoms with Crippen LogP contribution in [-0.2, 0) is 43.8 Å². The van der Waals surface area contributed by atoms with Gasteiger partial charge >= 0.3 is 154 Å². The topological polar surface area (TPSA) is 109 Å². The standard InChI is InChI=1S/C11H11ClO.5CO.Cr/c12-8-10-13-9-4-7-11-5-2-1-3-6-11;5*1-2;/h1-7H,8,10H2;;;;;;/b7-4+;;;;;;. The fourth-order valence-corrected chi connectivity index (χ4v) is 1.23. The summed E-state index contributed by atoms with van der Waals surface area (Å²) in [5, 5.41) is 0. The van der Waals surface area contributed by atoms with Gasteiger partial charge in [0.2, 0.25) is 0 Å². The van der Waals surface area contributed by atoms with Gasteiger partial charge in [-0.15, -0.1) is 0 Å². The Morgan fingerprint density at radius 1 is 0.917 bits per heavy atom. The first-order valence-corrected chi connectivity index (χ1v) is 6.48. The number of rotatable bonds is 5. The monoisotopic (exact) mass is 386 g/mol. The Morgan fingerprint density at radius 2 is 1.33 bits per heavy atom. The number of alkyl halides is 1. The van der Waals surface area contributed by atoms with Crippen LogP contribution in [0.2, 0.25) is 0 Å². The van der Waals surface area contributed by atoms with Crippen molar-refractivity contribution in [1.29, 1.82) is 0 Å². The summed E-state index contributed by atoms with van der Waals surface area (Å²) in [5.74, 6) is 0.504. The van der Waals surface area contributed by atoms with Gasteiger partial charge < -0.3 is 0 Å². The Bertz CT molecular complexity index is 468. The zero-order valence-electron chi connectivity index (χ0n) is 12.2. The van der Waals surface area contributed by atoms with Gasteiger partial charge in [0.05, 0.1) is 0 Å². The van der Waals surface area contributed by atoms with Crippen LogP contribution >= 0.6 is 11.6 Å². The van der Waals surface area contributed by atoms with Crippen molar-refractivity contribution >= 4 is 22.2 Å². The Kier molecular flexibility index (Phi) is 60.5. The van der Waals surface area contributed by atoms with Crippen molar-refractivity contribution in [3.63, 3.8) is 0 Å². The summed E-state index contributed by atoms with van der Waals surface area (Å²) in [4.78, 5) is 0. The normalized spacial score (nSPS) is 6.62. The second-order valence-electron chi connectivity index (χ2n) is 2.60. The van der Waals surface area contributed by atoms with Crippen LogP contribution in [0.25, 0.3) is 6.08 Å². The van der Waals surface area contributed by atoms with Crippen LogP contribution in [-0.4, -0.2) is 17.1 Å². The van der Waals surface area contributed by atoms with Crippen LogP contribution in [0, 0.1) is 33.3 Å². The van der Waals surface area contributed by atoms with Crippen molar-refractivity contribution in [3.8, 4) is 0 Å². The zero-order chi connectivity index (χ0) is 20.2. The SMILES string of the molecule is ClCCO[C](=[Cr])/C=C/c1ccccc1.[C-]#[O+].[C-]#[O+].[C-]#[O+].[C-]#[O+].[C-]#[O+]. The minimum atomic E-state index is 0.504. The molecule has 0 bridgehead atoms. The van der Waals surface area contributed by atoms with E-state index in [1.54, 1.807) is 0 Å². The molecule has 1 aromatic rings. The summed E-state index contributed by atoms with van der Waals surface area (Å²) in [6.45, 7) is 23.0. The molecule has 0 aliphatic heterocycles. The first-order valence-electron chi connectivity index (χ1n) is 5.31. The van der Waals surface area contributed by atoms with Crippen LogP contribution in [0.4, 0.5) is 0 Å². The third-order valence-corrected chi connectivity index (χ3v) is 2.08. The van der Waals surface area contributed by atoms with Crippen LogP contribution in [0.3, 0.4) is 0 Å².